The number of rotatable bonds is 2. The Kier molecular flexibility index (Phi) is 2.33. The number of nitrogens with one attached hydrogen (secondary N) is 1. The first kappa shape index (κ1) is 7.88. The third-order valence-electron chi connectivity index (χ3n) is 1.58. The first-order chi connectivity index (χ1) is 5.27. The normalized spacial score (nSPS) is 9.64. The third kappa shape index (κ3) is 1.62. The molecule has 0 bridgehead atoms. The zero-order chi connectivity index (χ0) is 8.27. The van der Waals surface area contributed by atoms with Crippen LogP contribution in [-0.2, 0) is 6.61 Å². The van der Waals surface area contributed by atoms with Crippen molar-refractivity contribution in [2.75, 3.05) is 0 Å². The van der Waals surface area contributed by atoms with Crippen LogP contribution < -0.4 is 0 Å². The minimum atomic E-state index is 0.00278. The molecule has 0 aliphatic carbocycles. The van der Waals surface area contributed by atoms with E-state index in [0.717, 1.165) is 11.1 Å². The molecule has 0 aliphatic rings. The van der Waals surface area contributed by atoms with Gasteiger partial charge in [0.05, 0.1) is 12.3 Å². The first-order valence-electron chi connectivity index (χ1n) is 3.36. The predicted molar refractivity (Wildman–Crippen MR) is 41.9 cm³/mol. The van der Waals surface area contributed by atoms with E-state index in [1.54, 1.807) is 6.07 Å². The van der Waals surface area contributed by atoms with E-state index in [1.165, 1.54) is 0 Å². The van der Waals surface area contributed by atoms with E-state index < -0.39 is 0 Å². The average Bonchev–Trinajstić information content (AvgIpc) is 2.05. The lowest BCUT2D eigenvalue weighted by atomic mass is 10.1. The highest BCUT2D eigenvalue weighted by Crippen LogP contribution is 2.19. The van der Waals surface area contributed by atoms with Crippen molar-refractivity contribution in [3.63, 3.8) is 0 Å². The fourth-order valence-electron chi connectivity index (χ4n) is 0.874. The molecule has 0 unspecified atom stereocenters. The zero-order valence-electron chi connectivity index (χ0n) is 6.33. The van der Waals surface area contributed by atoms with Gasteiger partial charge in [0, 0.05) is 0 Å². The van der Waals surface area contributed by atoms with E-state index in [9.17, 15) is 0 Å². The molecule has 1 aromatic rings. The molecule has 0 saturated carbocycles. The van der Waals surface area contributed by atoms with Gasteiger partial charge in [0.1, 0.15) is 0 Å². The minimum absolute atomic E-state index is 0.00278. The van der Waals surface area contributed by atoms with Crippen LogP contribution in [0.25, 0.3) is 0 Å². The molecule has 0 radical (unpaired) electrons. The Hall–Kier alpha value is -1.22. The molecule has 11 heavy (non-hydrogen) atoms. The van der Waals surface area contributed by atoms with Crippen molar-refractivity contribution < 1.29 is 5.11 Å². The summed E-state index contributed by atoms with van der Waals surface area (Å²) in [6.45, 7) is 1.89. The minimum Gasteiger partial charge on any atom is -0.392 e. The van der Waals surface area contributed by atoms with Crippen LogP contribution in [0.2, 0.25) is 0 Å². The molecule has 3 heteroatoms. The second kappa shape index (κ2) is 3.25. The SMILES string of the molecule is Cc1ccc(CO)cc1N=N. The molecule has 0 fully saturated rings. The maximum atomic E-state index is 8.75. The molecule has 0 aromatic heterocycles. The summed E-state index contributed by atoms with van der Waals surface area (Å²) >= 11 is 0. The van der Waals surface area contributed by atoms with E-state index >= 15 is 0 Å². The van der Waals surface area contributed by atoms with Gasteiger partial charge in [0.2, 0.25) is 0 Å². The molecule has 1 rings (SSSR count). The molecule has 0 amide bonds. The summed E-state index contributed by atoms with van der Waals surface area (Å²) in [6.07, 6.45) is 0. The molecule has 58 valence electrons. The number of aryl methyl sites for hydroxylation is 1. The number of benzene rings is 1. The second-order valence-corrected chi connectivity index (χ2v) is 2.39. The highest BCUT2D eigenvalue weighted by atomic mass is 16.3. The standard InChI is InChI=1S/C8H10N2O/c1-6-2-3-7(5-11)4-8(6)10-9/h2-4,9,11H,5H2,1H3. The van der Waals surface area contributed by atoms with Crippen molar-refractivity contribution in [2.24, 2.45) is 5.11 Å². The van der Waals surface area contributed by atoms with Crippen molar-refractivity contribution >= 4 is 5.69 Å². The van der Waals surface area contributed by atoms with Crippen LogP contribution in [0.1, 0.15) is 11.1 Å². The van der Waals surface area contributed by atoms with Crippen LogP contribution in [0, 0.1) is 12.5 Å². The van der Waals surface area contributed by atoms with Crippen molar-refractivity contribution in [3.8, 4) is 0 Å². The summed E-state index contributed by atoms with van der Waals surface area (Å²) in [5.41, 5.74) is 9.17. The smallest absolute Gasteiger partial charge is 0.0882 e. The Balaban J connectivity index is 3.12. The molecule has 0 heterocycles. The summed E-state index contributed by atoms with van der Waals surface area (Å²) in [5.74, 6) is 0. The number of aliphatic hydroxyl groups excluding tert-OH is 1. The van der Waals surface area contributed by atoms with E-state index in [-0.39, 0.29) is 6.61 Å². The van der Waals surface area contributed by atoms with Crippen LogP contribution in [-0.4, -0.2) is 5.11 Å². The Morgan fingerprint density at radius 1 is 1.55 bits per heavy atom. The van der Waals surface area contributed by atoms with Gasteiger partial charge in [-0.1, -0.05) is 12.1 Å². The van der Waals surface area contributed by atoms with E-state index in [4.69, 9.17) is 10.6 Å². The van der Waals surface area contributed by atoms with Crippen LogP contribution in [0.5, 0.6) is 0 Å². The third-order valence-corrected chi connectivity index (χ3v) is 1.58. The molecule has 1 aromatic carbocycles. The van der Waals surface area contributed by atoms with Gasteiger partial charge in [-0.05, 0) is 24.1 Å². The largest absolute Gasteiger partial charge is 0.392 e. The molecule has 3 nitrogen and oxygen atoms in total. The van der Waals surface area contributed by atoms with E-state index in [1.807, 2.05) is 19.1 Å². The van der Waals surface area contributed by atoms with Crippen molar-refractivity contribution in [3.05, 3.63) is 29.3 Å². The Morgan fingerprint density at radius 2 is 2.27 bits per heavy atom. The van der Waals surface area contributed by atoms with Gasteiger partial charge in [0.25, 0.3) is 0 Å². The molecule has 0 spiro atoms. The number of aliphatic hydroxyl groups is 1. The molecular formula is C8H10N2O. The van der Waals surface area contributed by atoms with Gasteiger partial charge in [-0.15, -0.1) is 0 Å². The fourth-order valence-corrected chi connectivity index (χ4v) is 0.874. The van der Waals surface area contributed by atoms with Crippen molar-refractivity contribution in [2.45, 2.75) is 13.5 Å². The topological polar surface area (TPSA) is 56.4 Å². The maximum Gasteiger partial charge on any atom is 0.0882 e. The Labute approximate surface area is 65.2 Å². The maximum absolute atomic E-state index is 8.75. The lowest BCUT2D eigenvalue weighted by Gasteiger charge is -1.99. The summed E-state index contributed by atoms with van der Waals surface area (Å²) < 4.78 is 0. The van der Waals surface area contributed by atoms with Crippen LogP contribution >= 0.6 is 0 Å². The highest BCUT2D eigenvalue weighted by molar-refractivity contribution is 5.46. The molecular weight excluding hydrogens is 140 g/mol. The van der Waals surface area contributed by atoms with Crippen molar-refractivity contribution in [1.82, 2.24) is 0 Å². The summed E-state index contributed by atoms with van der Waals surface area (Å²) in [6, 6.07) is 5.38. The summed E-state index contributed by atoms with van der Waals surface area (Å²) in [7, 11) is 0. The number of hydrogen-bond donors (Lipinski definition) is 2. The first-order valence-corrected chi connectivity index (χ1v) is 3.36. The van der Waals surface area contributed by atoms with E-state index in [0.29, 0.717) is 5.69 Å². The predicted octanol–water partition coefficient (Wildman–Crippen LogP) is 2.15. The summed E-state index contributed by atoms with van der Waals surface area (Å²) in [5, 5.41) is 12.1. The quantitative estimate of drug-likeness (QED) is 0.623. The molecule has 0 aliphatic heterocycles. The number of nitrogens with zero attached hydrogens (tertiary/aromatic N) is 1. The van der Waals surface area contributed by atoms with Crippen LogP contribution in [0.15, 0.2) is 23.3 Å². The Bertz CT molecular complexity index is 271. The average molecular weight is 150 g/mol. The van der Waals surface area contributed by atoms with Gasteiger partial charge in [0.15, 0.2) is 0 Å². The molecule has 0 atom stereocenters. The summed E-state index contributed by atoms with van der Waals surface area (Å²) in [4.78, 5) is 0. The second-order valence-electron chi connectivity index (χ2n) is 2.39. The van der Waals surface area contributed by atoms with Crippen molar-refractivity contribution in [1.29, 1.82) is 5.53 Å². The molecule has 0 saturated heterocycles. The Morgan fingerprint density at radius 3 is 2.82 bits per heavy atom. The van der Waals surface area contributed by atoms with Crippen LogP contribution in [0.3, 0.4) is 0 Å². The van der Waals surface area contributed by atoms with Gasteiger partial charge in [-0.25, -0.2) is 5.53 Å². The van der Waals surface area contributed by atoms with Gasteiger partial charge >= 0.3 is 0 Å². The fraction of sp³-hybridized carbons (Fsp3) is 0.250. The lowest BCUT2D eigenvalue weighted by Crippen LogP contribution is -1.82. The van der Waals surface area contributed by atoms with Gasteiger partial charge in [-0.3, -0.25) is 0 Å². The lowest BCUT2D eigenvalue weighted by molar-refractivity contribution is 0.282. The van der Waals surface area contributed by atoms with Gasteiger partial charge < -0.3 is 5.11 Å². The number of hydrogen-bond acceptors (Lipinski definition) is 3. The highest BCUT2D eigenvalue weighted by Gasteiger charge is 1.96. The van der Waals surface area contributed by atoms with Crippen LogP contribution in [0.4, 0.5) is 5.69 Å². The zero-order valence-corrected chi connectivity index (χ0v) is 6.33. The molecule has 2 N–H and O–H groups in total. The van der Waals surface area contributed by atoms with Gasteiger partial charge in [-0.2, -0.15) is 5.11 Å². The monoisotopic (exact) mass is 150 g/mol. The van der Waals surface area contributed by atoms with E-state index in [2.05, 4.69) is 5.11 Å².